The van der Waals surface area contributed by atoms with Crippen LogP contribution < -0.4 is 14.6 Å². The van der Waals surface area contributed by atoms with Gasteiger partial charge in [-0.1, -0.05) is 23.4 Å². The molecular weight excluding hydrogens is 344 g/mol. The van der Waals surface area contributed by atoms with Crippen molar-refractivity contribution in [2.24, 2.45) is 10.3 Å². The molecule has 2 amide bonds. The predicted molar refractivity (Wildman–Crippen MR) is 101 cm³/mol. The number of hydrogen-bond acceptors (Lipinski definition) is 6. The van der Waals surface area contributed by atoms with Crippen molar-refractivity contribution in [1.29, 1.82) is 0 Å². The number of imide groups is 1. The van der Waals surface area contributed by atoms with E-state index in [-0.39, 0.29) is 11.8 Å². The van der Waals surface area contributed by atoms with Crippen LogP contribution in [0.5, 0.6) is 5.75 Å². The first-order chi connectivity index (χ1) is 13.0. The maximum Gasteiger partial charge on any atom is 0.263 e. The molecule has 0 radical (unpaired) electrons. The van der Waals surface area contributed by atoms with Crippen molar-refractivity contribution in [1.82, 2.24) is 0 Å². The fraction of sp³-hybridized carbons (Fsp3) is 0.300. The lowest BCUT2D eigenvalue weighted by molar-refractivity contribution is -0.121. The molecule has 0 aromatic heterocycles. The van der Waals surface area contributed by atoms with E-state index in [1.165, 1.54) is 9.91 Å². The molecule has 1 saturated heterocycles. The smallest absolute Gasteiger partial charge is 0.263 e. The summed E-state index contributed by atoms with van der Waals surface area (Å²) in [7, 11) is 0. The second kappa shape index (κ2) is 6.50. The molecule has 2 atom stereocenters. The fourth-order valence-electron chi connectivity index (χ4n) is 3.62. The van der Waals surface area contributed by atoms with Gasteiger partial charge in [0.05, 0.1) is 12.3 Å². The number of fused-ring (bicyclic) bond motifs is 1. The number of benzene rings is 2. The van der Waals surface area contributed by atoms with Crippen LogP contribution >= 0.6 is 0 Å². The lowest BCUT2D eigenvalue weighted by Crippen LogP contribution is -2.40. The number of carbonyl (C=O) groups is 2. The van der Waals surface area contributed by atoms with Gasteiger partial charge >= 0.3 is 0 Å². The minimum atomic E-state index is -0.840. The molecule has 0 spiro atoms. The first-order valence-electron chi connectivity index (χ1n) is 8.89. The summed E-state index contributed by atoms with van der Waals surface area (Å²) < 4.78 is 5.65. The number of hydrogen-bond donors (Lipinski definition) is 0. The van der Waals surface area contributed by atoms with Gasteiger partial charge in [0.1, 0.15) is 11.4 Å². The van der Waals surface area contributed by atoms with E-state index >= 15 is 0 Å². The van der Waals surface area contributed by atoms with Crippen LogP contribution in [-0.2, 0) is 9.59 Å². The lowest BCUT2D eigenvalue weighted by atomic mass is 10.1. The van der Waals surface area contributed by atoms with Gasteiger partial charge in [0.15, 0.2) is 12.1 Å². The van der Waals surface area contributed by atoms with Crippen LogP contribution in [-0.4, -0.2) is 30.5 Å². The highest BCUT2D eigenvalue weighted by Crippen LogP contribution is 2.38. The zero-order valence-corrected chi connectivity index (χ0v) is 15.4. The van der Waals surface area contributed by atoms with Crippen LogP contribution in [0.1, 0.15) is 18.1 Å². The van der Waals surface area contributed by atoms with E-state index in [9.17, 15) is 9.59 Å². The van der Waals surface area contributed by atoms with E-state index in [1.807, 2.05) is 63.2 Å². The topological polar surface area (TPSA) is 74.6 Å². The number of rotatable bonds is 4. The van der Waals surface area contributed by atoms with E-state index in [0.717, 1.165) is 11.1 Å². The summed E-state index contributed by atoms with van der Waals surface area (Å²) >= 11 is 0. The molecule has 2 aliphatic rings. The van der Waals surface area contributed by atoms with E-state index in [0.29, 0.717) is 23.7 Å². The Bertz CT molecular complexity index is 936. The van der Waals surface area contributed by atoms with Crippen LogP contribution in [0.25, 0.3) is 0 Å². The molecule has 1 fully saturated rings. The van der Waals surface area contributed by atoms with Crippen LogP contribution in [0.4, 0.5) is 11.4 Å². The third kappa shape index (κ3) is 2.75. The quantitative estimate of drug-likeness (QED) is 0.781. The van der Waals surface area contributed by atoms with Crippen LogP contribution in [0.15, 0.2) is 52.8 Å². The molecule has 0 bridgehead atoms. The first kappa shape index (κ1) is 17.2. The number of anilines is 2. The number of para-hydroxylation sites is 2. The zero-order chi connectivity index (χ0) is 19.1. The molecule has 0 saturated carbocycles. The standard InChI is InChI=1S/C20H20N4O3/c1-4-27-16-8-6-5-7-15(16)24-18-17(21-22-24)19(25)23(20(18)26)14-10-12(2)9-13(3)11-14/h5-11,17-18H,4H2,1-3H3/t17-,18+/m1/s1. The molecule has 27 heavy (non-hydrogen) atoms. The van der Waals surface area contributed by atoms with E-state index < -0.39 is 12.1 Å². The van der Waals surface area contributed by atoms with Crippen molar-refractivity contribution in [2.75, 3.05) is 16.5 Å². The highest BCUT2D eigenvalue weighted by molar-refractivity contribution is 6.26. The molecule has 2 aromatic rings. The van der Waals surface area contributed by atoms with Crippen molar-refractivity contribution in [3.63, 3.8) is 0 Å². The summed E-state index contributed by atoms with van der Waals surface area (Å²) in [5, 5.41) is 9.70. The highest BCUT2D eigenvalue weighted by atomic mass is 16.5. The number of aryl methyl sites for hydroxylation is 2. The average molecular weight is 364 g/mol. The van der Waals surface area contributed by atoms with Crippen molar-refractivity contribution in [3.8, 4) is 5.75 Å². The van der Waals surface area contributed by atoms with Crippen molar-refractivity contribution in [2.45, 2.75) is 32.9 Å². The van der Waals surface area contributed by atoms with Crippen molar-refractivity contribution in [3.05, 3.63) is 53.6 Å². The van der Waals surface area contributed by atoms with Crippen LogP contribution in [0.3, 0.4) is 0 Å². The minimum Gasteiger partial charge on any atom is -0.492 e. The Morgan fingerprint density at radius 1 is 1.04 bits per heavy atom. The van der Waals surface area contributed by atoms with Gasteiger partial charge in [0.2, 0.25) is 0 Å². The normalized spacial score (nSPS) is 21.1. The monoisotopic (exact) mass is 364 g/mol. The molecule has 7 heteroatoms. The summed E-state index contributed by atoms with van der Waals surface area (Å²) in [6.45, 7) is 6.24. The SMILES string of the molecule is CCOc1ccccc1N1N=N[C@H]2C(=O)N(c3cc(C)cc(C)c3)C(=O)[C@H]21. The zero-order valence-electron chi connectivity index (χ0n) is 15.4. The molecule has 0 N–H and O–H groups in total. The van der Waals surface area contributed by atoms with Gasteiger partial charge in [-0.25, -0.2) is 9.91 Å². The van der Waals surface area contributed by atoms with E-state index in [1.54, 1.807) is 0 Å². The van der Waals surface area contributed by atoms with Gasteiger partial charge in [0.25, 0.3) is 11.8 Å². The Morgan fingerprint density at radius 3 is 2.44 bits per heavy atom. The van der Waals surface area contributed by atoms with Gasteiger partial charge in [0, 0.05) is 0 Å². The number of ether oxygens (including phenoxy) is 1. The Kier molecular flexibility index (Phi) is 4.14. The molecule has 4 rings (SSSR count). The highest BCUT2D eigenvalue weighted by Gasteiger charge is 2.55. The largest absolute Gasteiger partial charge is 0.492 e. The number of amides is 2. The van der Waals surface area contributed by atoms with E-state index in [2.05, 4.69) is 10.3 Å². The summed E-state index contributed by atoms with van der Waals surface area (Å²) in [5.41, 5.74) is 3.18. The van der Waals surface area contributed by atoms with Gasteiger partial charge in [-0.15, -0.1) is 0 Å². The molecular formula is C20H20N4O3. The third-order valence-corrected chi connectivity index (χ3v) is 4.66. The summed E-state index contributed by atoms with van der Waals surface area (Å²) in [4.78, 5) is 27.3. The second-order valence-corrected chi connectivity index (χ2v) is 6.70. The van der Waals surface area contributed by atoms with Gasteiger partial charge < -0.3 is 4.74 Å². The fourth-order valence-corrected chi connectivity index (χ4v) is 3.62. The Balaban J connectivity index is 1.72. The molecule has 0 aliphatic carbocycles. The summed E-state index contributed by atoms with van der Waals surface area (Å²) in [6.07, 6.45) is 0. The Hall–Kier alpha value is -3.22. The molecule has 2 aliphatic heterocycles. The van der Waals surface area contributed by atoms with Gasteiger partial charge in [-0.05, 0) is 56.2 Å². The average Bonchev–Trinajstić information content (AvgIpc) is 3.15. The minimum absolute atomic E-state index is 0.327. The van der Waals surface area contributed by atoms with Gasteiger partial charge in [-0.3, -0.25) is 9.59 Å². The Labute approximate surface area is 157 Å². The number of nitrogens with zero attached hydrogens (tertiary/aromatic N) is 4. The number of carbonyl (C=O) groups excluding carboxylic acids is 2. The van der Waals surface area contributed by atoms with Gasteiger partial charge in [-0.2, -0.15) is 5.11 Å². The van der Waals surface area contributed by atoms with Crippen molar-refractivity contribution >= 4 is 23.2 Å². The molecule has 2 aromatic carbocycles. The van der Waals surface area contributed by atoms with Crippen LogP contribution in [0, 0.1) is 13.8 Å². The Morgan fingerprint density at radius 2 is 1.74 bits per heavy atom. The van der Waals surface area contributed by atoms with Crippen LogP contribution in [0.2, 0.25) is 0 Å². The summed E-state index contributed by atoms with van der Waals surface area (Å²) in [5.74, 6) is -0.0776. The molecule has 7 nitrogen and oxygen atoms in total. The maximum atomic E-state index is 13.2. The third-order valence-electron chi connectivity index (χ3n) is 4.66. The molecule has 2 heterocycles. The maximum absolute atomic E-state index is 13.2. The summed E-state index contributed by atoms with van der Waals surface area (Å²) in [6, 6.07) is 11.3. The first-order valence-corrected chi connectivity index (χ1v) is 8.89. The van der Waals surface area contributed by atoms with Crippen molar-refractivity contribution < 1.29 is 14.3 Å². The predicted octanol–water partition coefficient (Wildman–Crippen LogP) is 3.20. The molecule has 138 valence electrons. The van der Waals surface area contributed by atoms with E-state index in [4.69, 9.17) is 4.74 Å². The lowest BCUT2D eigenvalue weighted by Gasteiger charge is -2.22. The second-order valence-electron chi connectivity index (χ2n) is 6.70. The molecule has 0 unspecified atom stereocenters.